The van der Waals surface area contributed by atoms with Crippen molar-refractivity contribution in [2.45, 2.75) is 39.0 Å². The first-order chi connectivity index (χ1) is 10.2. The molecule has 2 N–H and O–H groups in total. The van der Waals surface area contributed by atoms with Crippen molar-refractivity contribution >= 4 is 18.3 Å². The predicted octanol–water partition coefficient (Wildman–Crippen LogP) is 3.35. The topological polar surface area (TPSA) is 41.1 Å². The molecule has 3 nitrogen and oxygen atoms in total. The molecule has 2 rings (SSSR count). The average Bonchev–Trinajstić information content (AvgIpc) is 2.54. The lowest BCUT2D eigenvalue weighted by Gasteiger charge is -2.28. The number of hydrogen-bond donors (Lipinski definition) is 2. The molecule has 0 spiro atoms. The van der Waals surface area contributed by atoms with E-state index in [2.05, 4.69) is 36.6 Å². The van der Waals surface area contributed by atoms with Gasteiger partial charge in [-0.3, -0.25) is 4.79 Å². The van der Waals surface area contributed by atoms with Crippen LogP contribution in [0.15, 0.2) is 30.3 Å². The minimum absolute atomic E-state index is 0. The maximum Gasteiger partial charge on any atom is 0.220 e. The molecular formula is C18H29ClN2O. The molecule has 1 saturated heterocycles. The van der Waals surface area contributed by atoms with Crippen molar-refractivity contribution in [2.75, 3.05) is 19.6 Å². The molecule has 0 aromatic heterocycles. The number of amides is 1. The van der Waals surface area contributed by atoms with Gasteiger partial charge in [-0.1, -0.05) is 44.2 Å². The van der Waals surface area contributed by atoms with Crippen molar-refractivity contribution in [3.63, 3.8) is 0 Å². The van der Waals surface area contributed by atoms with Crippen LogP contribution in [0.2, 0.25) is 0 Å². The van der Waals surface area contributed by atoms with Crippen LogP contribution in [0.25, 0.3) is 0 Å². The average molecular weight is 325 g/mol. The number of benzene rings is 1. The molecule has 1 fully saturated rings. The van der Waals surface area contributed by atoms with Gasteiger partial charge in [0.15, 0.2) is 0 Å². The molecule has 4 heteroatoms. The maximum atomic E-state index is 12.1. The van der Waals surface area contributed by atoms with E-state index in [9.17, 15) is 4.79 Å². The van der Waals surface area contributed by atoms with Crippen molar-refractivity contribution in [1.82, 2.24) is 10.6 Å². The van der Waals surface area contributed by atoms with Gasteiger partial charge in [0.1, 0.15) is 0 Å². The van der Waals surface area contributed by atoms with Crippen LogP contribution >= 0.6 is 12.4 Å². The highest BCUT2D eigenvalue weighted by Gasteiger charge is 2.22. The van der Waals surface area contributed by atoms with E-state index in [-0.39, 0.29) is 18.3 Å². The Kier molecular flexibility index (Phi) is 8.51. The first-order valence-corrected chi connectivity index (χ1v) is 8.19. The van der Waals surface area contributed by atoms with Gasteiger partial charge in [0, 0.05) is 13.0 Å². The normalized spacial score (nSPS) is 20.5. The Morgan fingerprint density at radius 3 is 2.68 bits per heavy atom. The number of hydrogen-bond acceptors (Lipinski definition) is 2. The summed E-state index contributed by atoms with van der Waals surface area (Å²) in [4.78, 5) is 12.1. The summed E-state index contributed by atoms with van der Waals surface area (Å²) >= 11 is 0. The maximum absolute atomic E-state index is 12.1. The molecule has 0 aliphatic carbocycles. The molecular weight excluding hydrogens is 296 g/mol. The van der Waals surface area contributed by atoms with Crippen LogP contribution in [0.4, 0.5) is 0 Å². The number of nitrogens with one attached hydrogen (secondary N) is 2. The zero-order valence-electron chi connectivity index (χ0n) is 13.7. The summed E-state index contributed by atoms with van der Waals surface area (Å²) in [5.41, 5.74) is 1.28. The Morgan fingerprint density at radius 2 is 2.05 bits per heavy atom. The van der Waals surface area contributed by atoms with Crippen molar-refractivity contribution in [3.8, 4) is 0 Å². The molecule has 124 valence electrons. The monoisotopic (exact) mass is 324 g/mol. The minimum atomic E-state index is 0. The lowest BCUT2D eigenvalue weighted by Crippen LogP contribution is -2.36. The van der Waals surface area contributed by atoms with E-state index < -0.39 is 0 Å². The third-order valence-corrected chi connectivity index (χ3v) is 4.62. The Hall–Kier alpha value is -1.06. The minimum Gasteiger partial charge on any atom is -0.355 e. The largest absolute Gasteiger partial charge is 0.355 e. The van der Waals surface area contributed by atoms with Gasteiger partial charge in [-0.25, -0.2) is 0 Å². The summed E-state index contributed by atoms with van der Waals surface area (Å²) in [5, 5.41) is 6.52. The highest BCUT2D eigenvalue weighted by Crippen LogP contribution is 2.22. The summed E-state index contributed by atoms with van der Waals surface area (Å²) in [5.74, 6) is 1.67. The quantitative estimate of drug-likeness (QED) is 0.842. The fraction of sp³-hybridized carbons (Fsp3) is 0.611. The van der Waals surface area contributed by atoms with Gasteiger partial charge in [-0.05, 0) is 49.2 Å². The Bertz CT molecular complexity index is 432. The van der Waals surface area contributed by atoms with Gasteiger partial charge in [-0.15, -0.1) is 12.4 Å². The zero-order valence-corrected chi connectivity index (χ0v) is 14.5. The molecule has 0 saturated carbocycles. The number of piperidine rings is 1. The van der Waals surface area contributed by atoms with E-state index in [0.717, 1.165) is 19.6 Å². The van der Waals surface area contributed by atoms with Crippen LogP contribution in [-0.2, 0) is 4.79 Å². The lowest BCUT2D eigenvalue weighted by atomic mass is 9.85. The predicted molar refractivity (Wildman–Crippen MR) is 94.5 cm³/mol. The van der Waals surface area contributed by atoms with Crippen molar-refractivity contribution in [1.29, 1.82) is 0 Å². The van der Waals surface area contributed by atoms with Gasteiger partial charge in [0.2, 0.25) is 5.91 Å². The summed E-state index contributed by atoms with van der Waals surface area (Å²) in [6.45, 7) is 7.28. The van der Waals surface area contributed by atoms with E-state index in [1.807, 2.05) is 18.2 Å². The van der Waals surface area contributed by atoms with Crippen molar-refractivity contribution in [3.05, 3.63) is 35.9 Å². The van der Waals surface area contributed by atoms with Crippen LogP contribution < -0.4 is 10.6 Å². The molecule has 1 amide bonds. The Morgan fingerprint density at radius 1 is 1.32 bits per heavy atom. The van der Waals surface area contributed by atoms with E-state index in [1.54, 1.807) is 0 Å². The number of carbonyl (C=O) groups is 1. The summed E-state index contributed by atoms with van der Waals surface area (Å²) in [6, 6.07) is 10.4. The molecule has 1 aliphatic rings. The molecule has 0 radical (unpaired) electrons. The van der Waals surface area contributed by atoms with Gasteiger partial charge in [0.25, 0.3) is 0 Å². The number of carbonyl (C=O) groups excluding carboxylic acids is 1. The van der Waals surface area contributed by atoms with Crippen LogP contribution in [-0.4, -0.2) is 25.5 Å². The number of halogens is 1. The van der Waals surface area contributed by atoms with Crippen molar-refractivity contribution in [2.24, 2.45) is 11.8 Å². The summed E-state index contributed by atoms with van der Waals surface area (Å²) < 4.78 is 0. The van der Waals surface area contributed by atoms with Crippen LogP contribution in [0.1, 0.15) is 44.6 Å². The van der Waals surface area contributed by atoms with Crippen LogP contribution in [0, 0.1) is 11.8 Å². The van der Waals surface area contributed by atoms with E-state index >= 15 is 0 Å². The Balaban J connectivity index is 0.00000242. The molecule has 1 aromatic carbocycles. The fourth-order valence-corrected chi connectivity index (χ4v) is 3.06. The molecule has 22 heavy (non-hydrogen) atoms. The summed E-state index contributed by atoms with van der Waals surface area (Å²) in [6.07, 6.45) is 3.14. The van der Waals surface area contributed by atoms with Crippen molar-refractivity contribution < 1.29 is 4.79 Å². The standard InChI is InChI=1S/C18H28N2O.ClH/c1-14(17-9-6-10-19-13-17)11-18(21)20-12-15(2)16-7-4-3-5-8-16;/h3-5,7-8,14-15,17,19H,6,9-13H2,1-2H3,(H,20,21);1H. The van der Waals surface area contributed by atoms with Crippen LogP contribution in [0.5, 0.6) is 0 Å². The van der Waals surface area contributed by atoms with E-state index in [0.29, 0.717) is 24.2 Å². The second-order valence-electron chi connectivity index (χ2n) is 6.40. The zero-order chi connectivity index (χ0) is 15.1. The van der Waals surface area contributed by atoms with E-state index in [1.165, 1.54) is 18.4 Å². The van der Waals surface area contributed by atoms with Gasteiger partial charge in [-0.2, -0.15) is 0 Å². The number of rotatable bonds is 6. The Labute approximate surface area is 140 Å². The molecule has 1 heterocycles. The smallest absolute Gasteiger partial charge is 0.220 e. The first-order valence-electron chi connectivity index (χ1n) is 8.19. The highest BCUT2D eigenvalue weighted by atomic mass is 35.5. The third-order valence-electron chi connectivity index (χ3n) is 4.62. The molecule has 1 aliphatic heterocycles. The van der Waals surface area contributed by atoms with Gasteiger partial charge in [0.05, 0.1) is 0 Å². The van der Waals surface area contributed by atoms with Gasteiger partial charge >= 0.3 is 0 Å². The summed E-state index contributed by atoms with van der Waals surface area (Å²) in [7, 11) is 0. The third kappa shape index (κ3) is 5.98. The fourth-order valence-electron chi connectivity index (χ4n) is 3.06. The van der Waals surface area contributed by atoms with Gasteiger partial charge < -0.3 is 10.6 Å². The highest BCUT2D eigenvalue weighted by molar-refractivity contribution is 5.85. The van der Waals surface area contributed by atoms with E-state index in [4.69, 9.17) is 0 Å². The molecule has 0 bridgehead atoms. The lowest BCUT2D eigenvalue weighted by molar-refractivity contribution is -0.122. The SMILES string of the molecule is CC(CNC(=O)CC(C)C1CCCNC1)c1ccccc1.Cl. The second kappa shape index (κ2) is 9.86. The second-order valence-corrected chi connectivity index (χ2v) is 6.40. The molecule has 3 unspecified atom stereocenters. The first kappa shape index (κ1) is 19.0. The van der Waals surface area contributed by atoms with Crippen LogP contribution in [0.3, 0.4) is 0 Å². The molecule has 3 atom stereocenters. The molecule has 1 aromatic rings.